The number of benzene rings is 2. The number of piperazine rings is 1. The second-order valence-corrected chi connectivity index (χ2v) is 6.38. The Morgan fingerprint density at radius 1 is 1.00 bits per heavy atom. The van der Waals surface area contributed by atoms with Crippen LogP contribution in [0.1, 0.15) is 25.5 Å². The summed E-state index contributed by atoms with van der Waals surface area (Å²) in [5, 5.41) is 0. The zero-order valence-corrected chi connectivity index (χ0v) is 15.4. The largest absolute Gasteiger partial charge is 0.497 e. The number of hydrogen-bond acceptors (Lipinski definition) is 4. The fraction of sp³-hybridized carbons (Fsp3) is 0.429. The van der Waals surface area contributed by atoms with E-state index in [-0.39, 0.29) is 0 Å². The summed E-state index contributed by atoms with van der Waals surface area (Å²) in [6, 6.07) is 17.1. The molecule has 2 aromatic rings. The van der Waals surface area contributed by atoms with Crippen LogP contribution in [-0.4, -0.2) is 44.8 Å². The van der Waals surface area contributed by atoms with E-state index in [9.17, 15) is 0 Å². The van der Waals surface area contributed by atoms with Crippen LogP contribution in [0.15, 0.2) is 48.5 Å². The van der Waals surface area contributed by atoms with E-state index in [1.807, 2.05) is 19.1 Å². The molecule has 1 aliphatic rings. The SMILES string of the molecule is CCOc1ccccc1N1CCN(C(C)c2cccc(OC)c2)CC1. The molecule has 0 radical (unpaired) electrons. The lowest BCUT2D eigenvalue weighted by Crippen LogP contribution is -2.47. The molecule has 1 saturated heterocycles. The first-order valence-electron chi connectivity index (χ1n) is 9.07. The van der Waals surface area contributed by atoms with Gasteiger partial charge < -0.3 is 14.4 Å². The highest BCUT2D eigenvalue weighted by Crippen LogP contribution is 2.31. The van der Waals surface area contributed by atoms with Crippen molar-refractivity contribution in [3.63, 3.8) is 0 Å². The first-order chi connectivity index (χ1) is 12.2. The molecule has 0 aromatic heterocycles. The Morgan fingerprint density at radius 3 is 2.48 bits per heavy atom. The van der Waals surface area contributed by atoms with Gasteiger partial charge in [-0.05, 0) is 43.7 Å². The van der Waals surface area contributed by atoms with Crippen LogP contribution in [0.2, 0.25) is 0 Å². The molecule has 3 rings (SSSR count). The molecule has 4 nitrogen and oxygen atoms in total. The Balaban J connectivity index is 1.65. The van der Waals surface area contributed by atoms with Gasteiger partial charge in [0.25, 0.3) is 0 Å². The lowest BCUT2D eigenvalue weighted by atomic mass is 10.1. The van der Waals surface area contributed by atoms with Crippen LogP contribution in [0.4, 0.5) is 5.69 Å². The van der Waals surface area contributed by atoms with Gasteiger partial charge in [-0.2, -0.15) is 0 Å². The summed E-state index contributed by atoms with van der Waals surface area (Å²) in [6.45, 7) is 9.11. The van der Waals surface area contributed by atoms with Gasteiger partial charge in [0, 0.05) is 32.2 Å². The van der Waals surface area contributed by atoms with Crippen LogP contribution in [-0.2, 0) is 0 Å². The van der Waals surface area contributed by atoms with E-state index in [1.54, 1.807) is 7.11 Å². The Hall–Kier alpha value is -2.20. The highest BCUT2D eigenvalue weighted by atomic mass is 16.5. The van der Waals surface area contributed by atoms with Gasteiger partial charge in [0.05, 0.1) is 19.4 Å². The zero-order valence-electron chi connectivity index (χ0n) is 15.4. The van der Waals surface area contributed by atoms with Gasteiger partial charge in [-0.1, -0.05) is 24.3 Å². The predicted octanol–water partition coefficient (Wildman–Crippen LogP) is 3.98. The summed E-state index contributed by atoms with van der Waals surface area (Å²) in [7, 11) is 1.72. The summed E-state index contributed by atoms with van der Waals surface area (Å²) in [4.78, 5) is 4.97. The molecule has 0 saturated carbocycles. The minimum Gasteiger partial charge on any atom is -0.497 e. The van der Waals surface area contributed by atoms with Crippen molar-refractivity contribution in [2.24, 2.45) is 0 Å². The Morgan fingerprint density at radius 2 is 1.76 bits per heavy atom. The molecule has 0 spiro atoms. The Kier molecular flexibility index (Phi) is 5.82. The van der Waals surface area contributed by atoms with Crippen LogP contribution in [0.5, 0.6) is 11.5 Å². The predicted molar refractivity (Wildman–Crippen MR) is 103 cm³/mol. The average molecular weight is 340 g/mol. The van der Waals surface area contributed by atoms with Crippen molar-refractivity contribution in [3.05, 3.63) is 54.1 Å². The van der Waals surface area contributed by atoms with E-state index in [1.165, 1.54) is 11.3 Å². The van der Waals surface area contributed by atoms with Crippen LogP contribution in [0, 0.1) is 0 Å². The first-order valence-corrected chi connectivity index (χ1v) is 9.07. The van der Waals surface area contributed by atoms with E-state index in [2.05, 4.69) is 53.1 Å². The number of para-hydroxylation sites is 2. The molecule has 1 atom stereocenters. The normalized spacial score (nSPS) is 16.5. The highest BCUT2D eigenvalue weighted by molar-refractivity contribution is 5.58. The topological polar surface area (TPSA) is 24.9 Å². The van der Waals surface area contributed by atoms with Gasteiger partial charge in [0.15, 0.2) is 0 Å². The third kappa shape index (κ3) is 4.07. The van der Waals surface area contributed by atoms with Crippen LogP contribution >= 0.6 is 0 Å². The summed E-state index contributed by atoms with van der Waals surface area (Å²) in [5.41, 5.74) is 2.51. The van der Waals surface area contributed by atoms with E-state index in [0.29, 0.717) is 12.6 Å². The van der Waals surface area contributed by atoms with Crippen LogP contribution < -0.4 is 14.4 Å². The van der Waals surface area contributed by atoms with E-state index in [4.69, 9.17) is 9.47 Å². The molecule has 0 aliphatic carbocycles. The van der Waals surface area contributed by atoms with E-state index >= 15 is 0 Å². The van der Waals surface area contributed by atoms with Gasteiger partial charge in [0.2, 0.25) is 0 Å². The average Bonchev–Trinajstić information content (AvgIpc) is 2.68. The van der Waals surface area contributed by atoms with Gasteiger partial charge in [-0.15, -0.1) is 0 Å². The number of hydrogen-bond donors (Lipinski definition) is 0. The Bertz CT molecular complexity index is 681. The van der Waals surface area contributed by atoms with Gasteiger partial charge >= 0.3 is 0 Å². The Labute approximate surface area is 151 Å². The maximum atomic E-state index is 5.79. The molecule has 1 aliphatic heterocycles. The number of nitrogens with zero attached hydrogens (tertiary/aromatic N) is 2. The minimum absolute atomic E-state index is 0.388. The van der Waals surface area contributed by atoms with Crippen molar-refractivity contribution in [2.45, 2.75) is 19.9 Å². The molecule has 2 aromatic carbocycles. The van der Waals surface area contributed by atoms with Crippen molar-refractivity contribution in [1.82, 2.24) is 4.90 Å². The summed E-state index contributed by atoms with van der Waals surface area (Å²) in [5.74, 6) is 1.91. The third-order valence-corrected chi connectivity index (χ3v) is 4.94. The van der Waals surface area contributed by atoms with Crippen molar-refractivity contribution >= 4 is 5.69 Å². The molecule has 0 amide bonds. The molecular formula is C21H28N2O2. The number of methoxy groups -OCH3 is 1. The van der Waals surface area contributed by atoms with E-state index < -0.39 is 0 Å². The second kappa shape index (κ2) is 8.26. The molecule has 1 heterocycles. The number of ether oxygens (including phenoxy) is 2. The van der Waals surface area contributed by atoms with Crippen molar-refractivity contribution in [1.29, 1.82) is 0 Å². The smallest absolute Gasteiger partial charge is 0.142 e. The molecule has 4 heteroatoms. The minimum atomic E-state index is 0.388. The molecule has 0 bridgehead atoms. The summed E-state index contributed by atoms with van der Waals surface area (Å²) < 4.78 is 11.2. The number of anilines is 1. The van der Waals surface area contributed by atoms with Crippen molar-refractivity contribution in [2.75, 3.05) is 44.8 Å². The van der Waals surface area contributed by atoms with Crippen molar-refractivity contribution in [3.8, 4) is 11.5 Å². The summed E-state index contributed by atoms with van der Waals surface area (Å²) in [6.07, 6.45) is 0. The molecule has 1 fully saturated rings. The zero-order chi connectivity index (χ0) is 17.6. The molecular weight excluding hydrogens is 312 g/mol. The van der Waals surface area contributed by atoms with Crippen molar-refractivity contribution < 1.29 is 9.47 Å². The lowest BCUT2D eigenvalue weighted by Gasteiger charge is -2.39. The maximum absolute atomic E-state index is 5.79. The molecule has 1 unspecified atom stereocenters. The van der Waals surface area contributed by atoms with Gasteiger partial charge in [-0.25, -0.2) is 0 Å². The third-order valence-electron chi connectivity index (χ3n) is 4.94. The second-order valence-electron chi connectivity index (χ2n) is 6.38. The fourth-order valence-corrected chi connectivity index (χ4v) is 3.46. The van der Waals surface area contributed by atoms with E-state index in [0.717, 1.165) is 37.7 Å². The first kappa shape index (κ1) is 17.6. The molecule has 0 N–H and O–H groups in total. The molecule has 134 valence electrons. The number of rotatable bonds is 6. The van der Waals surface area contributed by atoms with Gasteiger partial charge in [0.1, 0.15) is 11.5 Å². The monoisotopic (exact) mass is 340 g/mol. The van der Waals surface area contributed by atoms with Gasteiger partial charge in [-0.3, -0.25) is 4.90 Å². The fourth-order valence-electron chi connectivity index (χ4n) is 3.46. The van der Waals surface area contributed by atoms with Crippen LogP contribution in [0.25, 0.3) is 0 Å². The standard InChI is InChI=1S/C21H28N2O2/c1-4-25-21-11-6-5-10-20(21)23-14-12-22(13-15-23)17(2)18-8-7-9-19(16-18)24-3/h5-11,16-17H,4,12-15H2,1-3H3. The van der Waals surface area contributed by atoms with Crippen LogP contribution in [0.3, 0.4) is 0 Å². The highest BCUT2D eigenvalue weighted by Gasteiger charge is 2.23. The summed E-state index contributed by atoms with van der Waals surface area (Å²) >= 11 is 0. The quantitative estimate of drug-likeness (QED) is 0.794. The maximum Gasteiger partial charge on any atom is 0.142 e. The molecule has 25 heavy (non-hydrogen) atoms. The lowest BCUT2D eigenvalue weighted by molar-refractivity contribution is 0.197.